The molecular formula is C18H23N3O7S3. The third-order valence-electron chi connectivity index (χ3n) is 5.01. The smallest absolute Gasteiger partial charge is 0.325 e. The molecule has 10 nitrogen and oxygen atoms in total. The van der Waals surface area contributed by atoms with Crippen LogP contribution in [0.3, 0.4) is 0 Å². The molecule has 1 saturated heterocycles. The van der Waals surface area contributed by atoms with E-state index in [2.05, 4.69) is 4.99 Å². The predicted octanol–water partition coefficient (Wildman–Crippen LogP) is 0.378. The van der Waals surface area contributed by atoms with Gasteiger partial charge in [0.1, 0.15) is 6.54 Å². The summed E-state index contributed by atoms with van der Waals surface area (Å²) in [6.45, 7) is 0.213. The van der Waals surface area contributed by atoms with E-state index in [9.17, 15) is 26.4 Å². The Morgan fingerprint density at radius 1 is 1.23 bits per heavy atom. The SMILES string of the molecule is COC(=O)Cn1c(=NC(=O)C2CCCN(S(C)(=O)=O)C2)sc2cc(S(C)(=O)=O)ccc21. The molecule has 1 unspecified atom stereocenters. The molecule has 1 fully saturated rings. The molecular weight excluding hydrogens is 466 g/mol. The first-order chi connectivity index (χ1) is 14.4. The highest BCUT2D eigenvalue weighted by Gasteiger charge is 2.30. The van der Waals surface area contributed by atoms with Crippen molar-refractivity contribution in [2.24, 2.45) is 10.9 Å². The first-order valence-corrected chi connectivity index (χ1v) is 13.9. The third kappa shape index (κ3) is 5.40. The van der Waals surface area contributed by atoms with Gasteiger partial charge in [0.2, 0.25) is 10.0 Å². The molecule has 3 rings (SSSR count). The summed E-state index contributed by atoms with van der Waals surface area (Å²) in [5.41, 5.74) is 0.538. The van der Waals surface area contributed by atoms with Gasteiger partial charge in [-0.05, 0) is 31.0 Å². The number of benzene rings is 1. The van der Waals surface area contributed by atoms with E-state index in [-0.39, 0.29) is 22.8 Å². The molecule has 0 bridgehead atoms. The van der Waals surface area contributed by atoms with Gasteiger partial charge in [-0.15, -0.1) is 0 Å². The molecule has 1 aromatic carbocycles. The van der Waals surface area contributed by atoms with Crippen LogP contribution in [0.1, 0.15) is 12.8 Å². The lowest BCUT2D eigenvalue weighted by atomic mass is 9.99. The zero-order valence-electron chi connectivity index (χ0n) is 17.3. The summed E-state index contributed by atoms with van der Waals surface area (Å²) in [6.07, 6.45) is 3.25. The van der Waals surface area contributed by atoms with Crippen molar-refractivity contribution in [1.82, 2.24) is 8.87 Å². The Morgan fingerprint density at radius 3 is 2.55 bits per heavy atom. The van der Waals surface area contributed by atoms with Crippen LogP contribution >= 0.6 is 11.3 Å². The van der Waals surface area contributed by atoms with Crippen molar-refractivity contribution in [1.29, 1.82) is 0 Å². The van der Waals surface area contributed by atoms with Crippen molar-refractivity contribution < 1.29 is 31.2 Å². The number of carbonyl (C=O) groups is 2. The third-order valence-corrected chi connectivity index (χ3v) is 8.43. The Balaban J connectivity index is 2.06. The van der Waals surface area contributed by atoms with Gasteiger partial charge in [-0.3, -0.25) is 9.59 Å². The molecule has 2 aromatic rings. The van der Waals surface area contributed by atoms with Crippen LogP contribution in [0.15, 0.2) is 28.1 Å². The maximum absolute atomic E-state index is 12.8. The number of methoxy groups -OCH3 is 1. The van der Waals surface area contributed by atoms with Gasteiger partial charge < -0.3 is 9.30 Å². The highest BCUT2D eigenvalue weighted by molar-refractivity contribution is 7.90. The molecule has 0 radical (unpaired) electrons. The van der Waals surface area contributed by atoms with E-state index < -0.39 is 37.7 Å². The van der Waals surface area contributed by atoms with Crippen molar-refractivity contribution in [3.05, 3.63) is 23.0 Å². The number of amides is 1. The summed E-state index contributed by atoms with van der Waals surface area (Å²) in [5, 5.41) is 0. The molecule has 0 aliphatic carbocycles. The molecule has 2 heterocycles. The number of hydrogen-bond donors (Lipinski definition) is 0. The molecule has 1 amide bonds. The van der Waals surface area contributed by atoms with Gasteiger partial charge in [-0.2, -0.15) is 4.99 Å². The number of aromatic nitrogens is 1. The van der Waals surface area contributed by atoms with E-state index in [0.29, 0.717) is 29.6 Å². The summed E-state index contributed by atoms with van der Waals surface area (Å²) in [6, 6.07) is 4.45. The second kappa shape index (κ2) is 8.81. The molecule has 0 spiro atoms. The Labute approximate surface area is 184 Å². The number of fused-ring (bicyclic) bond motifs is 1. The minimum atomic E-state index is -3.44. The van der Waals surface area contributed by atoms with E-state index in [0.717, 1.165) is 23.8 Å². The second-order valence-corrected chi connectivity index (χ2v) is 12.4. The Hall–Kier alpha value is -2.09. The van der Waals surface area contributed by atoms with Crippen molar-refractivity contribution in [3.63, 3.8) is 0 Å². The molecule has 1 atom stereocenters. The van der Waals surface area contributed by atoms with Crippen LogP contribution in [0.5, 0.6) is 0 Å². The highest BCUT2D eigenvalue weighted by Crippen LogP contribution is 2.23. The number of rotatable bonds is 5. The van der Waals surface area contributed by atoms with Crippen molar-refractivity contribution in [2.75, 3.05) is 32.7 Å². The number of sulfone groups is 1. The molecule has 1 aromatic heterocycles. The lowest BCUT2D eigenvalue weighted by Crippen LogP contribution is -2.41. The summed E-state index contributed by atoms with van der Waals surface area (Å²) < 4.78 is 55.5. The zero-order valence-corrected chi connectivity index (χ0v) is 19.7. The van der Waals surface area contributed by atoms with Crippen molar-refractivity contribution in [3.8, 4) is 0 Å². The normalized spacial score (nSPS) is 18.9. The second-order valence-electron chi connectivity index (χ2n) is 7.36. The molecule has 0 N–H and O–H groups in total. The van der Waals surface area contributed by atoms with E-state index in [4.69, 9.17) is 4.74 Å². The number of sulfonamides is 1. The molecule has 31 heavy (non-hydrogen) atoms. The molecule has 1 aliphatic rings. The van der Waals surface area contributed by atoms with Gasteiger partial charge in [0.25, 0.3) is 5.91 Å². The van der Waals surface area contributed by atoms with Crippen LogP contribution in [0, 0.1) is 5.92 Å². The first-order valence-electron chi connectivity index (χ1n) is 9.34. The number of carbonyl (C=O) groups excluding carboxylic acids is 2. The van der Waals surface area contributed by atoms with Gasteiger partial charge in [-0.1, -0.05) is 11.3 Å². The lowest BCUT2D eigenvalue weighted by molar-refractivity contribution is -0.141. The standard InChI is InChI=1S/C18H23N3O7S3/c1-28-16(22)11-21-14-7-6-13(30(2,24)25)9-15(14)29-18(21)19-17(23)12-5-4-8-20(10-12)31(3,26)27/h6-7,9,12H,4-5,8,10-11H2,1-3H3. The predicted molar refractivity (Wildman–Crippen MR) is 115 cm³/mol. The van der Waals surface area contributed by atoms with Crippen molar-refractivity contribution >= 4 is 53.3 Å². The number of hydrogen-bond acceptors (Lipinski definition) is 8. The van der Waals surface area contributed by atoms with Gasteiger partial charge >= 0.3 is 5.97 Å². The largest absolute Gasteiger partial charge is 0.468 e. The van der Waals surface area contributed by atoms with E-state index in [1.807, 2.05) is 0 Å². The molecule has 13 heteroatoms. The minimum Gasteiger partial charge on any atom is -0.468 e. The zero-order chi connectivity index (χ0) is 23.0. The van der Waals surface area contributed by atoms with E-state index in [1.54, 1.807) is 6.07 Å². The van der Waals surface area contributed by atoms with Crippen LogP contribution in [-0.4, -0.2) is 70.3 Å². The van der Waals surface area contributed by atoms with Crippen LogP contribution in [-0.2, 0) is 40.7 Å². The van der Waals surface area contributed by atoms with Gasteiger partial charge in [0, 0.05) is 19.3 Å². The fourth-order valence-electron chi connectivity index (χ4n) is 3.35. The lowest BCUT2D eigenvalue weighted by Gasteiger charge is -2.28. The summed E-state index contributed by atoms with van der Waals surface area (Å²) in [7, 11) is -5.61. The Kier molecular flexibility index (Phi) is 6.69. The van der Waals surface area contributed by atoms with E-state index in [1.165, 1.54) is 28.1 Å². The molecule has 0 saturated carbocycles. The Morgan fingerprint density at radius 2 is 1.94 bits per heavy atom. The van der Waals surface area contributed by atoms with Crippen LogP contribution < -0.4 is 4.80 Å². The van der Waals surface area contributed by atoms with Crippen LogP contribution in [0.4, 0.5) is 0 Å². The average molecular weight is 490 g/mol. The molecule has 170 valence electrons. The monoisotopic (exact) mass is 489 g/mol. The van der Waals surface area contributed by atoms with Crippen molar-refractivity contribution in [2.45, 2.75) is 24.3 Å². The summed E-state index contributed by atoms with van der Waals surface area (Å²) in [4.78, 5) is 29.3. The van der Waals surface area contributed by atoms with Crippen LogP contribution in [0.2, 0.25) is 0 Å². The molecule has 1 aliphatic heterocycles. The maximum atomic E-state index is 12.8. The number of esters is 1. The Bertz CT molecular complexity index is 1310. The number of piperidine rings is 1. The fourth-order valence-corrected chi connectivity index (χ4v) is 6.05. The van der Waals surface area contributed by atoms with Gasteiger partial charge in [0.05, 0.1) is 34.4 Å². The van der Waals surface area contributed by atoms with Crippen LogP contribution in [0.25, 0.3) is 10.2 Å². The number of nitrogens with zero attached hydrogens (tertiary/aromatic N) is 3. The van der Waals surface area contributed by atoms with Gasteiger partial charge in [-0.25, -0.2) is 21.1 Å². The maximum Gasteiger partial charge on any atom is 0.325 e. The summed E-state index contributed by atoms with van der Waals surface area (Å²) in [5.74, 6) is -1.63. The summed E-state index contributed by atoms with van der Waals surface area (Å²) >= 11 is 1.08. The fraction of sp³-hybridized carbons (Fsp3) is 0.500. The first kappa shape index (κ1) is 23.6. The quantitative estimate of drug-likeness (QED) is 0.555. The average Bonchev–Trinajstić information content (AvgIpc) is 3.02. The highest BCUT2D eigenvalue weighted by atomic mass is 32.2. The number of ether oxygens (including phenoxy) is 1. The van der Waals surface area contributed by atoms with Gasteiger partial charge in [0.15, 0.2) is 14.6 Å². The van der Waals surface area contributed by atoms with E-state index >= 15 is 0 Å². The number of thiazole rings is 1. The minimum absolute atomic E-state index is 0.0568. The topological polar surface area (TPSA) is 132 Å².